The monoisotopic (exact) mass is 474 g/mol. The molecule has 1 aliphatic heterocycles. The number of amides is 2. The Morgan fingerprint density at radius 1 is 0.943 bits per heavy atom. The zero-order valence-electron chi connectivity index (χ0n) is 19.7. The lowest BCUT2D eigenvalue weighted by Crippen LogP contribution is -2.56. The molecule has 1 fully saturated rings. The van der Waals surface area contributed by atoms with Gasteiger partial charge >= 0.3 is 17.8 Å². The second-order valence-electron chi connectivity index (χ2n) is 7.89. The van der Waals surface area contributed by atoms with Gasteiger partial charge in [-0.1, -0.05) is 66.7 Å². The smallest absolute Gasteiger partial charge is 0.312 e. The van der Waals surface area contributed by atoms with Crippen LogP contribution in [0.1, 0.15) is 18.0 Å². The summed E-state index contributed by atoms with van der Waals surface area (Å²) in [5.41, 5.74) is 8.69. The van der Waals surface area contributed by atoms with Crippen molar-refractivity contribution in [3.05, 3.63) is 90.8 Å². The molecule has 1 aliphatic rings. The van der Waals surface area contributed by atoms with Crippen LogP contribution in [0.2, 0.25) is 0 Å². The Bertz CT molecular complexity index is 1060. The van der Waals surface area contributed by atoms with Gasteiger partial charge in [0.05, 0.1) is 19.6 Å². The van der Waals surface area contributed by atoms with Gasteiger partial charge in [-0.3, -0.25) is 19.4 Å². The molecular formula is C27H30N4O4. The molecule has 4 rings (SSSR count). The van der Waals surface area contributed by atoms with E-state index in [0.717, 1.165) is 0 Å². The quantitative estimate of drug-likeness (QED) is 0.417. The van der Waals surface area contributed by atoms with Crippen LogP contribution in [0, 0.1) is 0 Å². The lowest BCUT2D eigenvalue weighted by molar-refractivity contribution is -0.159. The average Bonchev–Trinajstić information content (AvgIpc) is 2.92. The molecule has 2 heterocycles. The number of pyridine rings is 1. The van der Waals surface area contributed by atoms with Gasteiger partial charge in [-0.2, -0.15) is 0 Å². The van der Waals surface area contributed by atoms with E-state index in [1.807, 2.05) is 12.1 Å². The second kappa shape index (κ2) is 13.0. The molecule has 35 heavy (non-hydrogen) atoms. The first-order chi connectivity index (χ1) is 17.0. The van der Waals surface area contributed by atoms with Crippen LogP contribution in [0.15, 0.2) is 85.2 Å². The topological polar surface area (TPSA) is 106 Å². The van der Waals surface area contributed by atoms with Gasteiger partial charge in [-0.05, 0) is 22.8 Å². The second-order valence-corrected chi connectivity index (χ2v) is 7.89. The van der Waals surface area contributed by atoms with Crippen LogP contribution in [0.4, 0.5) is 0 Å². The first kappa shape index (κ1) is 25.6. The molecule has 182 valence electrons. The minimum absolute atomic E-state index is 0.0297. The van der Waals surface area contributed by atoms with Gasteiger partial charge in [0.2, 0.25) is 0 Å². The third kappa shape index (κ3) is 6.97. The first-order valence-electron chi connectivity index (χ1n) is 11.4. The van der Waals surface area contributed by atoms with Crippen LogP contribution in [-0.2, 0) is 19.1 Å². The molecule has 0 spiro atoms. The van der Waals surface area contributed by atoms with Crippen molar-refractivity contribution >= 4 is 17.8 Å². The summed E-state index contributed by atoms with van der Waals surface area (Å²) in [7, 11) is 1.29. The Labute approximate surface area is 205 Å². The average molecular weight is 475 g/mol. The van der Waals surface area contributed by atoms with E-state index in [1.165, 1.54) is 28.0 Å². The number of hydrogen-bond donors (Lipinski definition) is 1. The maximum absolute atomic E-state index is 12.4. The molecule has 1 atom stereocenters. The van der Waals surface area contributed by atoms with E-state index in [1.54, 1.807) is 24.5 Å². The highest BCUT2D eigenvalue weighted by molar-refractivity contribution is 6.35. The number of carbonyl (C=O) groups is 3. The van der Waals surface area contributed by atoms with Crippen molar-refractivity contribution in [1.82, 2.24) is 14.8 Å². The molecule has 0 radical (unpaired) electrons. The number of nitrogens with two attached hydrogens (primary N) is 1. The molecule has 1 aromatic heterocycles. The SMILES string of the molecule is COC(=O)CC(c1cccnc1)N1CCN(CCN)C(=O)C1=O.c1ccc(-c2ccccc2)cc1. The third-order valence-electron chi connectivity index (χ3n) is 5.65. The molecule has 2 N–H and O–H groups in total. The van der Waals surface area contributed by atoms with Crippen LogP contribution in [0.25, 0.3) is 11.1 Å². The third-order valence-corrected chi connectivity index (χ3v) is 5.65. The van der Waals surface area contributed by atoms with Gasteiger partial charge < -0.3 is 20.3 Å². The van der Waals surface area contributed by atoms with Gasteiger partial charge in [0.1, 0.15) is 0 Å². The fourth-order valence-corrected chi connectivity index (χ4v) is 3.84. The van der Waals surface area contributed by atoms with Crippen LogP contribution >= 0.6 is 0 Å². The van der Waals surface area contributed by atoms with Crippen molar-refractivity contribution in [3.63, 3.8) is 0 Å². The summed E-state index contributed by atoms with van der Waals surface area (Å²) in [6.45, 7) is 1.36. The Morgan fingerprint density at radius 3 is 2.09 bits per heavy atom. The standard InChI is InChI=1S/C15H20N4O4.C12H10/c1-23-13(20)9-12(11-3-2-5-17-10-11)19-8-7-18(6-4-16)14(21)15(19)22;1-3-7-11(8-4-1)12-9-5-2-6-10-12/h2-3,5,10,12H,4,6-9,16H2,1H3;1-10H. The Morgan fingerprint density at radius 2 is 1.57 bits per heavy atom. The summed E-state index contributed by atoms with van der Waals surface area (Å²) in [6.07, 6.45) is 3.15. The van der Waals surface area contributed by atoms with Gasteiger partial charge in [-0.15, -0.1) is 0 Å². The zero-order valence-corrected chi connectivity index (χ0v) is 19.7. The van der Waals surface area contributed by atoms with Crippen LogP contribution in [0.5, 0.6) is 0 Å². The number of ether oxygens (including phenoxy) is 1. The number of piperazine rings is 1. The molecule has 2 aromatic carbocycles. The Balaban J connectivity index is 0.000000237. The summed E-state index contributed by atoms with van der Waals surface area (Å²) >= 11 is 0. The highest BCUT2D eigenvalue weighted by Gasteiger charge is 2.37. The fraction of sp³-hybridized carbons (Fsp3) is 0.259. The maximum Gasteiger partial charge on any atom is 0.312 e. The van der Waals surface area contributed by atoms with Gasteiger partial charge in [0, 0.05) is 38.6 Å². The number of esters is 1. The molecule has 0 bridgehead atoms. The number of carbonyl (C=O) groups excluding carboxylic acids is 3. The summed E-state index contributed by atoms with van der Waals surface area (Å²) in [5, 5.41) is 0. The van der Waals surface area contributed by atoms with Crippen molar-refractivity contribution < 1.29 is 19.1 Å². The lowest BCUT2D eigenvalue weighted by atomic mass is 10.0. The number of hydrogen-bond acceptors (Lipinski definition) is 6. The van der Waals surface area contributed by atoms with E-state index in [-0.39, 0.29) is 6.42 Å². The fourth-order valence-electron chi connectivity index (χ4n) is 3.84. The van der Waals surface area contributed by atoms with Crippen molar-refractivity contribution in [2.45, 2.75) is 12.5 Å². The molecule has 0 aliphatic carbocycles. The zero-order chi connectivity index (χ0) is 25.0. The van der Waals surface area contributed by atoms with Crippen molar-refractivity contribution in [3.8, 4) is 11.1 Å². The molecular weight excluding hydrogens is 444 g/mol. The van der Waals surface area contributed by atoms with Gasteiger partial charge in [0.15, 0.2) is 0 Å². The lowest BCUT2D eigenvalue weighted by Gasteiger charge is -2.38. The van der Waals surface area contributed by atoms with Crippen molar-refractivity contribution in [1.29, 1.82) is 0 Å². The van der Waals surface area contributed by atoms with E-state index in [2.05, 4.69) is 53.5 Å². The van der Waals surface area contributed by atoms with Crippen LogP contribution in [0.3, 0.4) is 0 Å². The van der Waals surface area contributed by atoms with E-state index >= 15 is 0 Å². The number of methoxy groups -OCH3 is 1. The molecule has 8 heteroatoms. The largest absolute Gasteiger partial charge is 0.469 e. The van der Waals surface area contributed by atoms with E-state index in [0.29, 0.717) is 31.7 Å². The van der Waals surface area contributed by atoms with Crippen LogP contribution in [-0.4, -0.2) is 65.9 Å². The Hall–Kier alpha value is -4.04. The summed E-state index contributed by atoms with van der Waals surface area (Å²) in [4.78, 5) is 43.1. The highest BCUT2D eigenvalue weighted by Crippen LogP contribution is 2.26. The maximum atomic E-state index is 12.4. The summed E-state index contributed by atoms with van der Waals surface area (Å²) < 4.78 is 4.71. The predicted molar refractivity (Wildman–Crippen MR) is 133 cm³/mol. The number of rotatable bonds is 7. The Kier molecular flexibility index (Phi) is 9.50. The number of benzene rings is 2. The summed E-state index contributed by atoms with van der Waals surface area (Å²) in [5.74, 6) is -1.69. The van der Waals surface area contributed by atoms with Crippen molar-refractivity contribution in [2.75, 3.05) is 33.3 Å². The minimum Gasteiger partial charge on any atom is -0.469 e. The molecule has 8 nitrogen and oxygen atoms in total. The number of nitrogens with zero attached hydrogens (tertiary/aromatic N) is 3. The molecule has 2 amide bonds. The molecule has 1 unspecified atom stereocenters. The van der Waals surface area contributed by atoms with E-state index < -0.39 is 23.8 Å². The summed E-state index contributed by atoms with van der Waals surface area (Å²) in [6, 6.07) is 23.7. The molecule has 1 saturated heterocycles. The van der Waals surface area contributed by atoms with Gasteiger partial charge in [0.25, 0.3) is 0 Å². The normalized spacial score (nSPS) is 14.1. The first-order valence-corrected chi connectivity index (χ1v) is 11.4. The van der Waals surface area contributed by atoms with Crippen molar-refractivity contribution in [2.24, 2.45) is 5.73 Å². The predicted octanol–water partition coefficient (Wildman–Crippen LogP) is 2.67. The van der Waals surface area contributed by atoms with E-state index in [4.69, 9.17) is 10.5 Å². The highest BCUT2D eigenvalue weighted by atomic mass is 16.5. The number of aromatic nitrogens is 1. The van der Waals surface area contributed by atoms with Gasteiger partial charge in [-0.25, -0.2) is 0 Å². The minimum atomic E-state index is -0.637. The molecule has 0 saturated carbocycles. The molecule has 3 aromatic rings. The van der Waals surface area contributed by atoms with E-state index in [9.17, 15) is 14.4 Å². The van der Waals surface area contributed by atoms with Crippen LogP contribution < -0.4 is 5.73 Å².